The largest absolute Gasteiger partial charge is 0.494 e. The lowest BCUT2D eigenvalue weighted by Gasteiger charge is -2.32. The van der Waals surface area contributed by atoms with Gasteiger partial charge in [-0.3, -0.25) is 0 Å². The molecule has 2 aliphatic rings. The van der Waals surface area contributed by atoms with Gasteiger partial charge >= 0.3 is 0 Å². The van der Waals surface area contributed by atoms with Gasteiger partial charge in [-0.15, -0.1) is 0 Å². The minimum absolute atomic E-state index is 0.0716. The highest BCUT2D eigenvalue weighted by molar-refractivity contribution is 5.71. The van der Waals surface area contributed by atoms with Crippen LogP contribution in [0.4, 0.5) is 13.2 Å². The maximum absolute atomic E-state index is 14.9. The summed E-state index contributed by atoms with van der Waals surface area (Å²) in [6.45, 7) is 2.25. The maximum Gasteiger partial charge on any atom is 0.201 e. The minimum Gasteiger partial charge on any atom is -0.494 e. The van der Waals surface area contributed by atoms with E-state index in [1.54, 1.807) is 6.07 Å². The number of halogens is 3. The molecule has 160 valence electrons. The van der Waals surface area contributed by atoms with Gasteiger partial charge in [0.2, 0.25) is 5.82 Å². The van der Waals surface area contributed by atoms with Crippen LogP contribution in [0, 0.1) is 29.3 Å². The number of fused-ring (bicyclic) bond motifs is 1. The molecule has 0 N–H and O–H groups in total. The molecule has 0 aliphatic heterocycles. The van der Waals surface area contributed by atoms with Crippen LogP contribution < -0.4 is 4.74 Å². The Morgan fingerprint density at radius 1 is 0.933 bits per heavy atom. The van der Waals surface area contributed by atoms with E-state index in [0.29, 0.717) is 5.92 Å². The highest BCUT2D eigenvalue weighted by Crippen LogP contribution is 2.41. The van der Waals surface area contributed by atoms with E-state index in [2.05, 4.69) is 13.0 Å². The van der Waals surface area contributed by atoms with E-state index in [1.807, 2.05) is 0 Å². The molecule has 2 aliphatic carbocycles. The third-order valence-corrected chi connectivity index (χ3v) is 6.88. The number of hydrogen-bond donors (Lipinski definition) is 0. The molecule has 1 nitrogen and oxygen atoms in total. The molecule has 1 saturated carbocycles. The fraction of sp³-hybridized carbons (Fsp3) is 0.462. The second-order valence-corrected chi connectivity index (χ2v) is 8.70. The zero-order chi connectivity index (χ0) is 21.3. The van der Waals surface area contributed by atoms with Gasteiger partial charge in [0.05, 0.1) is 7.11 Å². The molecule has 0 aromatic heterocycles. The maximum atomic E-state index is 14.9. The molecule has 0 atom stereocenters. The second kappa shape index (κ2) is 8.87. The van der Waals surface area contributed by atoms with Crippen LogP contribution in [0.2, 0.25) is 0 Å². The summed E-state index contributed by atoms with van der Waals surface area (Å²) in [7, 11) is 1.27. The van der Waals surface area contributed by atoms with Gasteiger partial charge in [0, 0.05) is 11.1 Å². The highest BCUT2D eigenvalue weighted by atomic mass is 19.2. The predicted molar refractivity (Wildman–Crippen MR) is 115 cm³/mol. The van der Waals surface area contributed by atoms with E-state index in [4.69, 9.17) is 4.74 Å². The summed E-state index contributed by atoms with van der Waals surface area (Å²) in [5.74, 6) is -1.42. The molecule has 2 aromatic rings. The molecule has 0 saturated heterocycles. The van der Waals surface area contributed by atoms with Gasteiger partial charge in [-0.05, 0) is 85.8 Å². The van der Waals surface area contributed by atoms with Gasteiger partial charge in [-0.25, -0.2) is 8.78 Å². The third kappa shape index (κ3) is 4.01. The Kier molecular flexibility index (Phi) is 6.21. The molecular weight excluding hydrogens is 385 g/mol. The van der Waals surface area contributed by atoms with Crippen molar-refractivity contribution in [3.8, 4) is 16.9 Å². The van der Waals surface area contributed by atoms with Crippen molar-refractivity contribution in [3.05, 3.63) is 58.4 Å². The Hall–Kier alpha value is -2.23. The lowest BCUT2D eigenvalue weighted by atomic mass is 9.74. The lowest BCUT2D eigenvalue weighted by Crippen LogP contribution is -2.18. The highest BCUT2D eigenvalue weighted by Gasteiger charge is 2.26. The quantitative estimate of drug-likeness (QED) is 0.487. The van der Waals surface area contributed by atoms with Crippen LogP contribution >= 0.6 is 0 Å². The van der Waals surface area contributed by atoms with Crippen LogP contribution in [0.15, 0.2) is 29.8 Å². The van der Waals surface area contributed by atoms with Crippen LogP contribution in [0.3, 0.4) is 0 Å². The molecule has 0 spiro atoms. The molecule has 0 unspecified atom stereocenters. The zero-order valence-corrected chi connectivity index (χ0v) is 17.7. The summed E-state index contributed by atoms with van der Waals surface area (Å²) in [5.41, 5.74) is 3.32. The first-order chi connectivity index (χ1) is 14.5. The predicted octanol–water partition coefficient (Wildman–Crippen LogP) is 7.72. The Labute approximate surface area is 177 Å². The molecule has 30 heavy (non-hydrogen) atoms. The molecular formula is C26H29F3O. The number of benzene rings is 2. The standard InChI is InChI=1S/C26H29F3O/c1-3-4-16-5-7-17(8-6-16)18-9-10-19-14-22(23(27)15-20(19)13-18)21-11-12-24(30-2)26(29)25(21)28/h11-17H,3-10H2,1-2H3. The van der Waals surface area contributed by atoms with Crippen LogP contribution in [-0.2, 0) is 6.42 Å². The number of hydrogen-bond acceptors (Lipinski definition) is 1. The first-order valence-corrected chi connectivity index (χ1v) is 11.1. The number of rotatable bonds is 5. The number of methoxy groups -OCH3 is 1. The summed E-state index contributed by atoms with van der Waals surface area (Å²) in [6.07, 6.45) is 11.5. The Bertz CT molecular complexity index is 955. The SMILES string of the molecule is CCCC1CCC(C2=Cc3cc(F)c(-c4ccc(OC)c(F)c4F)cc3CC2)CC1. The third-order valence-electron chi connectivity index (χ3n) is 6.88. The van der Waals surface area contributed by atoms with E-state index < -0.39 is 17.5 Å². The monoisotopic (exact) mass is 414 g/mol. The van der Waals surface area contributed by atoms with E-state index in [0.717, 1.165) is 29.9 Å². The van der Waals surface area contributed by atoms with E-state index in [-0.39, 0.29) is 16.9 Å². The molecule has 1 fully saturated rings. The molecule has 4 heteroatoms. The number of ether oxygens (including phenoxy) is 1. The first kappa shape index (κ1) is 21.0. The van der Waals surface area contributed by atoms with E-state index in [9.17, 15) is 13.2 Å². The van der Waals surface area contributed by atoms with Gasteiger partial charge in [0.1, 0.15) is 5.82 Å². The van der Waals surface area contributed by atoms with Gasteiger partial charge in [-0.1, -0.05) is 31.4 Å². The zero-order valence-electron chi connectivity index (χ0n) is 17.7. The fourth-order valence-corrected chi connectivity index (χ4v) is 5.19. The summed E-state index contributed by atoms with van der Waals surface area (Å²) < 4.78 is 48.3. The summed E-state index contributed by atoms with van der Waals surface area (Å²) in [5, 5.41) is 0. The Morgan fingerprint density at radius 2 is 1.70 bits per heavy atom. The normalized spacial score (nSPS) is 21.2. The van der Waals surface area contributed by atoms with Crippen molar-refractivity contribution < 1.29 is 17.9 Å². The first-order valence-electron chi connectivity index (χ1n) is 11.1. The van der Waals surface area contributed by atoms with E-state index >= 15 is 0 Å². The summed E-state index contributed by atoms with van der Waals surface area (Å²) in [6, 6.07) is 5.87. The molecule has 0 bridgehead atoms. The van der Waals surface area contributed by atoms with Crippen LogP contribution in [0.1, 0.15) is 63.0 Å². The molecule has 4 rings (SSSR count). The van der Waals surface area contributed by atoms with Crippen molar-refractivity contribution in [1.82, 2.24) is 0 Å². The van der Waals surface area contributed by atoms with Crippen molar-refractivity contribution >= 4 is 6.08 Å². The van der Waals surface area contributed by atoms with Crippen molar-refractivity contribution in [2.24, 2.45) is 11.8 Å². The van der Waals surface area contributed by atoms with Crippen molar-refractivity contribution in [1.29, 1.82) is 0 Å². The van der Waals surface area contributed by atoms with Crippen molar-refractivity contribution in [2.75, 3.05) is 7.11 Å². The molecule has 0 amide bonds. The average Bonchev–Trinajstić information content (AvgIpc) is 2.76. The minimum atomic E-state index is -1.09. The Morgan fingerprint density at radius 3 is 2.40 bits per heavy atom. The summed E-state index contributed by atoms with van der Waals surface area (Å²) in [4.78, 5) is 0. The fourth-order valence-electron chi connectivity index (χ4n) is 5.19. The van der Waals surface area contributed by atoms with Crippen molar-refractivity contribution in [3.63, 3.8) is 0 Å². The van der Waals surface area contributed by atoms with Crippen LogP contribution in [-0.4, -0.2) is 7.11 Å². The van der Waals surface area contributed by atoms with Gasteiger partial charge in [-0.2, -0.15) is 4.39 Å². The van der Waals surface area contributed by atoms with Gasteiger partial charge in [0.15, 0.2) is 11.6 Å². The lowest BCUT2D eigenvalue weighted by molar-refractivity contribution is 0.283. The van der Waals surface area contributed by atoms with Crippen LogP contribution in [0.5, 0.6) is 5.75 Å². The van der Waals surface area contributed by atoms with Crippen molar-refractivity contribution in [2.45, 2.75) is 58.3 Å². The second-order valence-electron chi connectivity index (χ2n) is 8.70. The Balaban J connectivity index is 1.60. The van der Waals surface area contributed by atoms with E-state index in [1.165, 1.54) is 69.4 Å². The van der Waals surface area contributed by atoms with Crippen LogP contribution in [0.25, 0.3) is 17.2 Å². The smallest absolute Gasteiger partial charge is 0.201 e. The number of aryl methyl sites for hydroxylation is 1. The van der Waals surface area contributed by atoms with Gasteiger partial charge < -0.3 is 4.74 Å². The number of allylic oxidation sites excluding steroid dienone is 1. The summed E-state index contributed by atoms with van der Waals surface area (Å²) >= 11 is 0. The topological polar surface area (TPSA) is 9.23 Å². The average molecular weight is 415 g/mol. The molecule has 2 aromatic carbocycles. The van der Waals surface area contributed by atoms with Gasteiger partial charge in [0.25, 0.3) is 0 Å². The molecule has 0 radical (unpaired) electrons. The molecule has 0 heterocycles.